The van der Waals surface area contributed by atoms with Gasteiger partial charge in [0, 0.05) is 10.6 Å². The molecule has 164 valence electrons. The number of nitrogens with one attached hydrogen (secondary N) is 1. The summed E-state index contributed by atoms with van der Waals surface area (Å²) < 4.78 is 12.6. The van der Waals surface area contributed by atoms with E-state index >= 15 is 0 Å². The van der Waals surface area contributed by atoms with Gasteiger partial charge in [0.1, 0.15) is 11.5 Å². The van der Waals surface area contributed by atoms with E-state index in [-0.39, 0.29) is 11.7 Å². The van der Waals surface area contributed by atoms with E-state index in [1.54, 1.807) is 31.6 Å². The fourth-order valence-electron chi connectivity index (χ4n) is 2.96. The third kappa shape index (κ3) is 5.27. The van der Waals surface area contributed by atoms with Crippen molar-refractivity contribution in [1.29, 1.82) is 0 Å². The van der Waals surface area contributed by atoms with Gasteiger partial charge in [-0.1, -0.05) is 35.0 Å². The summed E-state index contributed by atoms with van der Waals surface area (Å²) in [5.41, 5.74) is 1.37. The standard InChI is InChI=1S/C22H18Cl2N4O3S/c1-30-16-7-4-14(5-8-16)21-26-27-22(28(21)12-17-3-2-10-31-17)32-13-20(29)25-19-9-6-15(23)11-18(19)24/h2-11H,12-13H2,1H3,(H,25,29). The monoisotopic (exact) mass is 488 g/mol. The number of thioether (sulfide) groups is 1. The molecule has 0 spiro atoms. The average molecular weight is 489 g/mol. The molecule has 0 aliphatic carbocycles. The number of rotatable bonds is 8. The lowest BCUT2D eigenvalue weighted by Crippen LogP contribution is -2.15. The maximum atomic E-state index is 12.5. The van der Waals surface area contributed by atoms with Crippen molar-refractivity contribution >= 4 is 46.6 Å². The molecule has 2 aromatic heterocycles. The SMILES string of the molecule is COc1ccc(-c2nnc(SCC(=O)Nc3ccc(Cl)cc3Cl)n2Cc2ccco2)cc1. The molecule has 4 rings (SSSR count). The van der Waals surface area contributed by atoms with Crippen LogP contribution in [0.3, 0.4) is 0 Å². The van der Waals surface area contributed by atoms with Gasteiger partial charge in [0.25, 0.3) is 0 Å². The number of carbonyl (C=O) groups is 1. The molecule has 7 nitrogen and oxygen atoms in total. The molecule has 0 radical (unpaired) electrons. The van der Waals surface area contributed by atoms with Crippen LogP contribution in [0.5, 0.6) is 5.75 Å². The number of carbonyl (C=O) groups excluding carboxylic acids is 1. The van der Waals surface area contributed by atoms with Crippen LogP contribution >= 0.6 is 35.0 Å². The van der Waals surface area contributed by atoms with E-state index < -0.39 is 0 Å². The number of hydrogen-bond donors (Lipinski definition) is 1. The van der Waals surface area contributed by atoms with Gasteiger partial charge in [-0.2, -0.15) is 0 Å². The maximum Gasteiger partial charge on any atom is 0.234 e. The predicted molar refractivity (Wildman–Crippen MR) is 126 cm³/mol. The summed E-state index contributed by atoms with van der Waals surface area (Å²) in [5, 5.41) is 12.9. The van der Waals surface area contributed by atoms with Crippen LogP contribution in [0.25, 0.3) is 11.4 Å². The van der Waals surface area contributed by atoms with Gasteiger partial charge >= 0.3 is 0 Å². The number of ether oxygens (including phenoxy) is 1. The third-order valence-corrected chi connectivity index (χ3v) is 6.01. The van der Waals surface area contributed by atoms with Crippen LogP contribution in [-0.4, -0.2) is 33.5 Å². The van der Waals surface area contributed by atoms with Crippen LogP contribution in [0.4, 0.5) is 5.69 Å². The Balaban J connectivity index is 1.53. The van der Waals surface area contributed by atoms with Gasteiger partial charge in [-0.25, -0.2) is 0 Å². The highest BCUT2D eigenvalue weighted by molar-refractivity contribution is 7.99. The van der Waals surface area contributed by atoms with E-state index in [2.05, 4.69) is 15.5 Å². The highest BCUT2D eigenvalue weighted by Crippen LogP contribution is 2.28. The molecule has 1 N–H and O–H groups in total. The Labute approximate surface area is 198 Å². The zero-order valence-electron chi connectivity index (χ0n) is 16.9. The van der Waals surface area contributed by atoms with E-state index in [0.29, 0.717) is 33.3 Å². The molecule has 2 aromatic carbocycles. The molecule has 0 aliphatic rings. The molecular formula is C22H18Cl2N4O3S. The highest BCUT2D eigenvalue weighted by Gasteiger charge is 2.17. The molecule has 10 heteroatoms. The Morgan fingerprint density at radius 2 is 1.97 bits per heavy atom. The first-order valence-corrected chi connectivity index (χ1v) is 11.3. The van der Waals surface area contributed by atoms with Crippen LogP contribution in [0, 0.1) is 0 Å². The summed E-state index contributed by atoms with van der Waals surface area (Å²) in [5.74, 6) is 2.06. The molecule has 0 fully saturated rings. The number of nitrogens with zero attached hydrogens (tertiary/aromatic N) is 3. The number of halogens is 2. The molecule has 0 saturated heterocycles. The van der Waals surface area contributed by atoms with Gasteiger partial charge in [-0.15, -0.1) is 10.2 Å². The Hall–Kier alpha value is -2.94. The highest BCUT2D eigenvalue weighted by atomic mass is 35.5. The summed E-state index contributed by atoms with van der Waals surface area (Å²) in [7, 11) is 1.62. The van der Waals surface area contributed by atoms with Crippen molar-refractivity contribution in [3.8, 4) is 17.1 Å². The second kappa shape index (κ2) is 10.1. The van der Waals surface area contributed by atoms with Crippen molar-refractivity contribution in [3.05, 3.63) is 76.7 Å². The molecule has 1 amide bonds. The van der Waals surface area contributed by atoms with Crippen molar-refractivity contribution in [2.75, 3.05) is 18.2 Å². The number of hydrogen-bond acceptors (Lipinski definition) is 6. The van der Waals surface area contributed by atoms with E-state index in [4.69, 9.17) is 32.4 Å². The van der Waals surface area contributed by atoms with Gasteiger partial charge < -0.3 is 14.5 Å². The van der Waals surface area contributed by atoms with Crippen LogP contribution in [0.2, 0.25) is 10.0 Å². The zero-order valence-corrected chi connectivity index (χ0v) is 19.2. The van der Waals surface area contributed by atoms with E-state index in [1.165, 1.54) is 11.8 Å². The van der Waals surface area contributed by atoms with Crippen molar-refractivity contribution < 1.29 is 13.9 Å². The molecule has 4 aromatic rings. The molecule has 0 unspecified atom stereocenters. The fraction of sp³-hybridized carbons (Fsp3) is 0.136. The summed E-state index contributed by atoms with van der Waals surface area (Å²) in [6, 6.07) is 16.1. The number of anilines is 1. The first-order valence-electron chi connectivity index (χ1n) is 9.51. The van der Waals surface area contributed by atoms with Gasteiger partial charge in [-0.3, -0.25) is 9.36 Å². The van der Waals surface area contributed by atoms with Crippen LogP contribution < -0.4 is 10.1 Å². The minimum atomic E-state index is -0.224. The molecule has 0 bridgehead atoms. The third-order valence-electron chi connectivity index (χ3n) is 4.50. The largest absolute Gasteiger partial charge is 0.497 e. The average Bonchev–Trinajstić information content (AvgIpc) is 3.45. The molecule has 0 aliphatic heterocycles. The van der Waals surface area contributed by atoms with Gasteiger partial charge in [0.2, 0.25) is 5.91 Å². The molecule has 0 atom stereocenters. The smallest absolute Gasteiger partial charge is 0.234 e. The second-order valence-corrected chi connectivity index (χ2v) is 8.45. The topological polar surface area (TPSA) is 82.2 Å². The fourth-order valence-corrected chi connectivity index (χ4v) is 4.15. The predicted octanol–water partition coefficient (Wildman–Crippen LogP) is 5.63. The molecule has 32 heavy (non-hydrogen) atoms. The minimum absolute atomic E-state index is 0.123. The van der Waals surface area contributed by atoms with Crippen LogP contribution in [0.15, 0.2) is 70.4 Å². The first kappa shape index (κ1) is 22.3. The zero-order chi connectivity index (χ0) is 22.5. The van der Waals surface area contributed by atoms with E-state index in [1.807, 2.05) is 41.0 Å². The maximum absolute atomic E-state index is 12.5. The summed E-state index contributed by atoms with van der Waals surface area (Å²) in [4.78, 5) is 12.5. The summed E-state index contributed by atoms with van der Waals surface area (Å²) in [6.45, 7) is 0.425. The summed E-state index contributed by atoms with van der Waals surface area (Å²) in [6.07, 6.45) is 1.61. The molecule has 0 saturated carbocycles. The number of aromatic nitrogens is 3. The normalized spacial score (nSPS) is 10.8. The molecule has 2 heterocycles. The number of furan rings is 1. The number of methoxy groups -OCH3 is 1. The minimum Gasteiger partial charge on any atom is -0.497 e. The van der Waals surface area contributed by atoms with Gasteiger partial charge in [-0.05, 0) is 54.6 Å². The van der Waals surface area contributed by atoms with Crippen LogP contribution in [0.1, 0.15) is 5.76 Å². The first-order chi connectivity index (χ1) is 15.5. The lowest BCUT2D eigenvalue weighted by Gasteiger charge is -2.10. The van der Waals surface area contributed by atoms with Gasteiger partial charge in [0.15, 0.2) is 11.0 Å². The van der Waals surface area contributed by atoms with E-state index in [9.17, 15) is 4.79 Å². The lowest BCUT2D eigenvalue weighted by atomic mass is 10.2. The quantitative estimate of drug-likeness (QED) is 0.323. The lowest BCUT2D eigenvalue weighted by molar-refractivity contribution is -0.113. The second-order valence-electron chi connectivity index (χ2n) is 6.66. The number of amides is 1. The van der Waals surface area contributed by atoms with Gasteiger partial charge in [0.05, 0.1) is 36.4 Å². The Morgan fingerprint density at radius 1 is 1.16 bits per heavy atom. The van der Waals surface area contributed by atoms with Crippen LogP contribution in [-0.2, 0) is 11.3 Å². The van der Waals surface area contributed by atoms with Crippen molar-refractivity contribution in [3.63, 3.8) is 0 Å². The van der Waals surface area contributed by atoms with Crippen molar-refractivity contribution in [2.45, 2.75) is 11.7 Å². The Bertz CT molecular complexity index is 1210. The van der Waals surface area contributed by atoms with Crippen molar-refractivity contribution in [1.82, 2.24) is 14.8 Å². The summed E-state index contributed by atoms with van der Waals surface area (Å²) >= 11 is 13.3. The van der Waals surface area contributed by atoms with E-state index in [0.717, 1.165) is 17.1 Å². The Morgan fingerprint density at radius 3 is 2.66 bits per heavy atom. The van der Waals surface area contributed by atoms with Crippen molar-refractivity contribution in [2.24, 2.45) is 0 Å². The number of benzene rings is 2. The molecular weight excluding hydrogens is 471 g/mol. The Kier molecular flexibility index (Phi) is 7.04.